The summed E-state index contributed by atoms with van der Waals surface area (Å²) in [6.07, 6.45) is 3.87. The Labute approximate surface area is 134 Å². The number of sulfonamides is 1. The van der Waals surface area contributed by atoms with E-state index in [4.69, 9.17) is 5.73 Å². The lowest BCUT2D eigenvalue weighted by Crippen LogP contribution is -2.49. The molecule has 1 aliphatic carbocycles. The zero-order chi connectivity index (χ0) is 16.4. The van der Waals surface area contributed by atoms with E-state index in [-0.39, 0.29) is 23.3 Å². The molecule has 124 valence electrons. The fraction of sp³-hybridized carbons (Fsp3) is 0.647. The van der Waals surface area contributed by atoms with Crippen molar-refractivity contribution in [3.05, 3.63) is 35.4 Å². The molecule has 1 fully saturated rings. The van der Waals surface area contributed by atoms with Crippen LogP contribution in [0.1, 0.15) is 57.6 Å². The maximum Gasteiger partial charge on any atom is 0.216 e. The van der Waals surface area contributed by atoms with Gasteiger partial charge >= 0.3 is 0 Å². The molecule has 3 N–H and O–H groups in total. The first kappa shape index (κ1) is 17.4. The molecule has 1 aliphatic rings. The third kappa shape index (κ3) is 4.80. The SMILES string of the molecule is CC(C)(C)c1ccc(CS(=O)(=O)NC2CCCCC2N)cc1. The molecule has 2 unspecified atom stereocenters. The zero-order valence-corrected chi connectivity index (χ0v) is 14.6. The number of hydrogen-bond acceptors (Lipinski definition) is 3. The largest absolute Gasteiger partial charge is 0.326 e. The van der Waals surface area contributed by atoms with Crippen molar-refractivity contribution in [2.24, 2.45) is 5.73 Å². The van der Waals surface area contributed by atoms with Gasteiger partial charge in [-0.2, -0.15) is 0 Å². The minimum absolute atomic E-state index is 0.0145. The molecule has 0 bridgehead atoms. The molecule has 0 spiro atoms. The Morgan fingerprint density at radius 1 is 1.14 bits per heavy atom. The second-order valence-corrected chi connectivity index (χ2v) is 9.13. The lowest BCUT2D eigenvalue weighted by Gasteiger charge is -2.29. The molecule has 22 heavy (non-hydrogen) atoms. The number of nitrogens with one attached hydrogen (secondary N) is 1. The van der Waals surface area contributed by atoms with Gasteiger partial charge in [0.2, 0.25) is 10.0 Å². The second-order valence-electron chi connectivity index (χ2n) is 7.38. The second kappa shape index (κ2) is 6.69. The summed E-state index contributed by atoms with van der Waals surface area (Å²) < 4.78 is 27.4. The van der Waals surface area contributed by atoms with Gasteiger partial charge in [0.05, 0.1) is 5.75 Å². The van der Waals surface area contributed by atoms with Gasteiger partial charge < -0.3 is 5.73 Å². The minimum Gasteiger partial charge on any atom is -0.326 e. The van der Waals surface area contributed by atoms with Crippen molar-refractivity contribution < 1.29 is 8.42 Å². The fourth-order valence-electron chi connectivity index (χ4n) is 2.90. The highest BCUT2D eigenvalue weighted by Gasteiger charge is 2.26. The molecule has 1 saturated carbocycles. The summed E-state index contributed by atoms with van der Waals surface area (Å²) in [6.45, 7) is 6.43. The molecule has 0 saturated heterocycles. The molecule has 0 radical (unpaired) electrons. The van der Waals surface area contributed by atoms with E-state index in [1.807, 2.05) is 24.3 Å². The summed E-state index contributed by atoms with van der Waals surface area (Å²) in [5.41, 5.74) is 8.11. The summed E-state index contributed by atoms with van der Waals surface area (Å²) in [6, 6.07) is 7.65. The maximum atomic E-state index is 12.3. The summed E-state index contributed by atoms with van der Waals surface area (Å²) >= 11 is 0. The third-order valence-electron chi connectivity index (χ3n) is 4.33. The number of benzene rings is 1. The molecular formula is C17H28N2O2S. The van der Waals surface area contributed by atoms with Crippen molar-refractivity contribution in [1.29, 1.82) is 0 Å². The Kier molecular flexibility index (Phi) is 5.30. The predicted octanol–water partition coefficient (Wildman–Crippen LogP) is 2.67. The highest BCUT2D eigenvalue weighted by Crippen LogP contribution is 2.23. The van der Waals surface area contributed by atoms with Gasteiger partial charge in [-0.05, 0) is 29.4 Å². The van der Waals surface area contributed by atoms with Crippen LogP contribution >= 0.6 is 0 Å². The fourth-order valence-corrected chi connectivity index (χ4v) is 4.37. The standard InChI is InChI=1S/C17H28N2O2S/c1-17(2,3)14-10-8-13(9-11-14)12-22(20,21)19-16-7-5-4-6-15(16)18/h8-11,15-16,19H,4-7,12,18H2,1-3H3. The van der Waals surface area contributed by atoms with E-state index in [2.05, 4.69) is 25.5 Å². The van der Waals surface area contributed by atoms with Crippen LogP contribution < -0.4 is 10.5 Å². The average molecular weight is 324 g/mol. The zero-order valence-electron chi connectivity index (χ0n) is 13.8. The normalized spacial score (nSPS) is 23.5. The first-order chi connectivity index (χ1) is 10.2. The first-order valence-electron chi connectivity index (χ1n) is 8.02. The molecule has 2 rings (SSSR count). The van der Waals surface area contributed by atoms with Crippen molar-refractivity contribution in [3.8, 4) is 0 Å². The third-order valence-corrected chi connectivity index (χ3v) is 5.70. The average Bonchev–Trinajstić information content (AvgIpc) is 2.40. The Morgan fingerprint density at radius 2 is 1.73 bits per heavy atom. The van der Waals surface area contributed by atoms with Gasteiger partial charge in [-0.15, -0.1) is 0 Å². The van der Waals surface area contributed by atoms with Crippen molar-refractivity contribution in [2.45, 2.75) is 69.7 Å². The summed E-state index contributed by atoms with van der Waals surface area (Å²) in [4.78, 5) is 0. The lowest BCUT2D eigenvalue weighted by molar-refractivity contribution is 0.361. The molecule has 0 amide bonds. The topological polar surface area (TPSA) is 72.2 Å². The molecule has 0 aromatic heterocycles. The molecule has 1 aromatic rings. The van der Waals surface area contributed by atoms with Crippen LogP contribution in [0.15, 0.2) is 24.3 Å². The van der Waals surface area contributed by atoms with Crippen LogP contribution in [0.3, 0.4) is 0 Å². The van der Waals surface area contributed by atoms with Crippen molar-refractivity contribution in [1.82, 2.24) is 4.72 Å². The van der Waals surface area contributed by atoms with Gasteiger partial charge in [-0.1, -0.05) is 57.9 Å². The van der Waals surface area contributed by atoms with Crippen molar-refractivity contribution in [3.63, 3.8) is 0 Å². The van der Waals surface area contributed by atoms with Gasteiger partial charge in [-0.25, -0.2) is 13.1 Å². The number of rotatable bonds is 4. The van der Waals surface area contributed by atoms with E-state index >= 15 is 0 Å². The summed E-state index contributed by atoms with van der Waals surface area (Å²) in [7, 11) is -3.35. The maximum absolute atomic E-state index is 12.3. The Morgan fingerprint density at radius 3 is 2.27 bits per heavy atom. The van der Waals surface area contributed by atoms with Crippen LogP contribution in [0.5, 0.6) is 0 Å². The smallest absolute Gasteiger partial charge is 0.216 e. The van der Waals surface area contributed by atoms with Crippen molar-refractivity contribution >= 4 is 10.0 Å². The Bertz CT molecular complexity index is 588. The van der Waals surface area contributed by atoms with Gasteiger partial charge in [-0.3, -0.25) is 0 Å². The molecule has 0 aliphatic heterocycles. The van der Waals surface area contributed by atoms with Gasteiger partial charge in [0, 0.05) is 12.1 Å². The van der Waals surface area contributed by atoms with E-state index in [1.54, 1.807) is 0 Å². The highest BCUT2D eigenvalue weighted by atomic mass is 32.2. The van der Waals surface area contributed by atoms with E-state index in [1.165, 1.54) is 5.56 Å². The van der Waals surface area contributed by atoms with Crippen LogP contribution in [-0.4, -0.2) is 20.5 Å². The molecule has 1 aromatic carbocycles. The van der Waals surface area contributed by atoms with Crippen LogP contribution in [0.2, 0.25) is 0 Å². The molecule has 0 heterocycles. The number of nitrogens with two attached hydrogens (primary N) is 1. The minimum atomic E-state index is -3.35. The van der Waals surface area contributed by atoms with Crippen molar-refractivity contribution in [2.75, 3.05) is 0 Å². The molecular weight excluding hydrogens is 296 g/mol. The first-order valence-corrected chi connectivity index (χ1v) is 9.68. The van der Waals surface area contributed by atoms with Crippen LogP contribution in [0.4, 0.5) is 0 Å². The van der Waals surface area contributed by atoms with Gasteiger partial charge in [0.15, 0.2) is 0 Å². The molecule has 5 heteroatoms. The van der Waals surface area contributed by atoms with Crippen LogP contribution in [-0.2, 0) is 21.2 Å². The monoisotopic (exact) mass is 324 g/mol. The highest BCUT2D eigenvalue weighted by molar-refractivity contribution is 7.88. The van der Waals surface area contributed by atoms with E-state index in [0.29, 0.717) is 0 Å². The van der Waals surface area contributed by atoms with Gasteiger partial charge in [0.1, 0.15) is 0 Å². The van der Waals surface area contributed by atoms with E-state index in [9.17, 15) is 8.42 Å². The quantitative estimate of drug-likeness (QED) is 0.894. The number of hydrogen-bond donors (Lipinski definition) is 2. The Hall–Kier alpha value is -0.910. The molecule has 4 nitrogen and oxygen atoms in total. The van der Waals surface area contributed by atoms with Crippen LogP contribution in [0, 0.1) is 0 Å². The molecule has 2 atom stereocenters. The lowest BCUT2D eigenvalue weighted by atomic mass is 9.87. The Balaban J connectivity index is 2.02. The van der Waals surface area contributed by atoms with E-state index in [0.717, 1.165) is 31.2 Å². The van der Waals surface area contributed by atoms with E-state index < -0.39 is 10.0 Å². The van der Waals surface area contributed by atoms with Crippen LogP contribution in [0.25, 0.3) is 0 Å². The summed E-state index contributed by atoms with van der Waals surface area (Å²) in [5.74, 6) is 0.0145. The summed E-state index contributed by atoms with van der Waals surface area (Å²) in [5, 5.41) is 0. The van der Waals surface area contributed by atoms with Gasteiger partial charge in [0.25, 0.3) is 0 Å². The predicted molar refractivity (Wildman–Crippen MR) is 91.1 cm³/mol.